The zero-order valence-corrected chi connectivity index (χ0v) is 15.1. The van der Waals surface area contributed by atoms with Crippen LogP contribution in [-0.2, 0) is 16.0 Å². The van der Waals surface area contributed by atoms with Gasteiger partial charge in [0, 0.05) is 28.0 Å². The third-order valence-corrected chi connectivity index (χ3v) is 4.07. The molecule has 26 heavy (non-hydrogen) atoms. The maximum absolute atomic E-state index is 11.9. The highest BCUT2D eigenvalue weighted by Crippen LogP contribution is 2.25. The van der Waals surface area contributed by atoms with Gasteiger partial charge >= 0.3 is 5.97 Å². The van der Waals surface area contributed by atoms with E-state index in [2.05, 4.69) is 31.2 Å². The molecule has 1 aromatic heterocycles. The number of benzene rings is 2. The van der Waals surface area contributed by atoms with E-state index in [1.807, 2.05) is 36.4 Å². The molecule has 0 saturated carbocycles. The zero-order chi connectivity index (χ0) is 18.5. The van der Waals surface area contributed by atoms with Crippen molar-refractivity contribution in [3.63, 3.8) is 0 Å². The molecular formula is C19H14BrN3O3. The van der Waals surface area contributed by atoms with Gasteiger partial charge in [-0.25, -0.2) is 14.8 Å². The van der Waals surface area contributed by atoms with Crippen LogP contribution in [0.5, 0.6) is 0 Å². The molecule has 7 heteroatoms. The monoisotopic (exact) mass is 411 g/mol. The van der Waals surface area contributed by atoms with Crippen molar-refractivity contribution >= 4 is 50.1 Å². The van der Waals surface area contributed by atoms with Crippen molar-refractivity contribution in [1.29, 1.82) is 0 Å². The molecule has 0 fully saturated rings. The minimum Gasteiger partial charge on any atom is -0.478 e. The summed E-state index contributed by atoms with van der Waals surface area (Å²) >= 11 is 3.43. The number of carboxylic acids is 1. The number of carbonyl (C=O) groups excluding carboxylic acids is 1. The Morgan fingerprint density at radius 3 is 2.73 bits per heavy atom. The van der Waals surface area contributed by atoms with Crippen molar-refractivity contribution in [2.75, 3.05) is 5.32 Å². The zero-order valence-electron chi connectivity index (χ0n) is 13.5. The predicted molar refractivity (Wildman–Crippen MR) is 102 cm³/mol. The second-order valence-electron chi connectivity index (χ2n) is 5.52. The van der Waals surface area contributed by atoms with Crippen molar-refractivity contribution in [3.8, 4) is 0 Å². The van der Waals surface area contributed by atoms with Gasteiger partial charge in [-0.3, -0.25) is 4.79 Å². The van der Waals surface area contributed by atoms with Gasteiger partial charge in [-0.05, 0) is 42.0 Å². The molecule has 0 amide bonds. The second kappa shape index (κ2) is 7.88. The number of fused-ring (bicyclic) bond motifs is 1. The van der Waals surface area contributed by atoms with E-state index in [1.165, 1.54) is 6.33 Å². The molecule has 0 aliphatic carbocycles. The Morgan fingerprint density at radius 2 is 1.96 bits per heavy atom. The van der Waals surface area contributed by atoms with Crippen LogP contribution in [0.25, 0.3) is 10.9 Å². The number of anilines is 2. The Kier molecular flexibility index (Phi) is 5.38. The van der Waals surface area contributed by atoms with Gasteiger partial charge in [0.2, 0.25) is 0 Å². The van der Waals surface area contributed by atoms with E-state index in [4.69, 9.17) is 5.11 Å². The summed E-state index contributed by atoms with van der Waals surface area (Å²) in [6.45, 7) is 0. The van der Waals surface area contributed by atoms with Crippen LogP contribution in [0.2, 0.25) is 0 Å². The molecule has 0 bridgehead atoms. The summed E-state index contributed by atoms with van der Waals surface area (Å²) < 4.78 is 0.942. The first-order valence-corrected chi connectivity index (χ1v) is 8.50. The Bertz CT molecular complexity index is 1020. The Morgan fingerprint density at radius 1 is 1.12 bits per heavy atom. The van der Waals surface area contributed by atoms with Gasteiger partial charge in [-0.15, -0.1) is 0 Å². The number of allylic oxidation sites excluding steroid dienone is 1. The van der Waals surface area contributed by atoms with E-state index < -0.39 is 5.97 Å². The molecule has 0 radical (unpaired) electrons. The molecule has 0 unspecified atom stereocenters. The average molecular weight is 412 g/mol. The number of hydrogen-bond donors (Lipinski definition) is 2. The van der Waals surface area contributed by atoms with E-state index in [0.717, 1.165) is 38.8 Å². The number of halogens is 1. The van der Waals surface area contributed by atoms with Gasteiger partial charge < -0.3 is 10.4 Å². The fourth-order valence-corrected chi connectivity index (χ4v) is 2.84. The lowest BCUT2D eigenvalue weighted by molar-refractivity contribution is -0.131. The molecule has 130 valence electrons. The second-order valence-corrected chi connectivity index (χ2v) is 6.44. The molecule has 3 aromatic rings. The quantitative estimate of drug-likeness (QED) is 0.597. The molecule has 3 rings (SSSR count). The maximum Gasteiger partial charge on any atom is 0.328 e. The SMILES string of the molecule is O=C(O)/C=C/C(=O)Cc1ccc2ncnc(Nc3cccc(Br)c3)c2c1. The molecule has 0 atom stereocenters. The highest BCUT2D eigenvalue weighted by atomic mass is 79.9. The lowest BCUT2D eigenvalue weighted by Gasteiger charge is -2.09. The van der Waals surface area contributed by atoms with Crippen molar-refractivity contribution in [2.45, 2.75) is 6.42 Å². The molecule has 0 saturated heterocycles. The number of aliphatic carboxylic acids is 1. The normalized spacial score (nSPS) is 11.0. The summed E-state index contributed by atoms with van der Waals surface area (Å²) in [5.74, 6) is -0.806. The minimum atomic E-state index is -1.15. The number of carbonyl (C=O) groups is 2. The molecule has 6 nitrogen and oxygen atoms in total. The first-order chi connectivity index (χ1) is 12.5. The number of aromatic nitrogens is 2. The van der Waals surface area contributed by atoms with Crippen molar-refractivity contribution in [1.82, 2.24) is 9.97 Å². The van der Waals surface area contributed by atoms with Crippen molar-refractivity contribution in [2.24, 2.45) is 0 Å². The van der Waals surface area contributed by atoms with E-state index in [1.54, 1.807) is 6.07 Å². The number of ketones is 1. The summed E-state index contributed by atoms with van der Waals surface area (Å²) in [6.07, 6.45) is 3.48. The molecular weight excluding hydrogens is 398 g/mol. The summed E-state index contributed by atoms with van der Waals surface area (Å²) in [4.78, 5) is 30.9. The number of carboxylic acid groups (broad SMARTS) is 1. The lowest BCUT2D eigenvalue weighted by atomic mass is 10.1. The molecule has 0 aliphatic heterocycles. The van der Waals surface area contributed by atoms with Gasteiger partial charge in [0.25, 0.3) is 0 Å². The predicted octanol–water partition coefficient (Wildman–Crippen LogP) is 3.89. The van der Waals surface area contributed by atoms with Crippen LogP contribution < -0.4 is 5.32 Å². The maximum atomic E-state index is 11.9. The van der Waals surface area contributed by atoms with Gasteiger partial charge in [0.1, 0.15) is 12.1 Å². The van der Waals surface area contributed by atoms with Gasteiger partial charge in [0.15, 0.2) is 5.78 Å². The first kappa shape index (κ1) is 17.8. The van der Waals surface area contributed by atoms with Crippen molar-refractivity contribution in [3.05, 3.63) is 71.0 Å². The molecule has 0 spiro atoms. The standard InChI is InChI=1S/C19H14BrN3O3/c20-13-2-1-3-14(10-13)23-19-16-9-12(4-6-17(16)21-11-22-19)8-15(24)5-7-18(25)26/h1-7,9-11H,8H2,(H,25,26)(H,21,22,23)/b7-5+. The van der Waals surface area contributed by atoms with E-state index in [9.17, 15) is 9.59 Å². The van der Waals surface area contributed by atoms with E-state index in [0.29, 0.717) is 5.82 Å². The third-order valence-electron chi connectivity index (χ3n) is 3.58. The van der Waals surface area contributed by atoms with Crippen LogP contribution >= 0.6 is 15.9 Å². The van der Waals surface area contributed by atoms with Crippen LogP contribution in [-0.4, -0.2) is 26.8 Å². The van der Waals surface area contributed by atoms with Crippen LogP contribution in [0, 0.1) is 0 Å². The highest BCUT2D eigenvalue weighted by molar-refractivity contribution is 9.10. The smallest absolute Gasteiger partial charge is 0.328 e. The molecule has 1 heterocycles. The fourth-order valence-electron chi connectivity index (χ4n) is 2.44. The third kappa shape index (κ3) is 4.52. The van der Waals surface area contributed by atoms with Gasteiger partial charge in [0.05, 0.1) is 5.52 Å². The van der Waals surface area contributed by atoms with E-state index >= 15 is 0 Å². The Hall–Kier alpha value is -3.06. The number of hydrogen-bond acceptors (Lipinski definition) is 5. The van der Waals surface area contributed by atoms with Gasteiger partial charge in [-0.1, -0.05) is 28.1 Å². The summed E-state index contributed by atoms with van der Waals surface area (Å²) in [5.41, 5.74) is 2.37. The highest BCUT2D eigenvalue weighted by Gasteiger charge is 2.08. The Balaban J connectivity index is 1.90. The topological polar surface area (TPSA) is 92.2 Å². The van der Waals surface area contributed by atoms with Crippen LogP contribution in [0.1, 0.15) is 5.56 Å². The molecule has 2 aromatic carbocycles. The van der Waals surface area contributed by atoms with E-state index in [-0.39, 0.29) is 12.2 Å². The van der Waals surface area contributed by atoms with Gasteiger partial charge in [-0.2, -0.15) is 0 Å². The van der Waals surface area contributed by atoms with Crippen LogP contribution in [0.3, 0.4) is 0 Å². The summed E-state index contributed by atoms with van der Waals surface area (Å²) in [6, 6.07) is 13.1. The lowest BCUT2D eigenvalue weighted by Crippen LogP contribution is -2.01. The largest absolute Gasteiger partial charge is 0.478 e. The number of nitrogens with zero attached hydrogens (tertiary/aromatic N) is 2. The summed E-state index contributed by atoms with van der Waals surface area (Å²) in [7, 11) is 0. The number of rotatable bonds is 6. The molecule has 0 aliphatic rings. The van der Waals surface area contributed by atoms with Crippen LogP contribution in [0.4, 0.5) is 11.5 Å². The number of nitrogens with one attached hydrogen (secondary N) is 1. The van der Waals surface area contributed by atoms with Crippen molar-refractivity contribution < 1.29 is 14.7 Å². The fraction of sp³-hybridized carbons (Fsp3) is 0.0526. The van der Waals surface area contributed by atoms with Crippen LogP contribution in [0.15, 0.2) is 65.4 Å². The molecule has 2 N–H and O–H groups in total. The minimum absolute atomic E-state index is 0.102. The summed E-state index contributed by atoms with van der Waals surface area (Å²) in [5, 5.41) is 12.6. The Labute approximate surface area is 157 Å². The average Bonchev–Trinajstić information content (AvgIpc) is 2.60. The first-order valence-electron chi connectivity index (χ1n) is 7.71.